The average Bonchev–Trinajstić information content (AvgIpc) is 3.08. The van der Waals surface area contributed by atoms with Crippen LogP contribution in [0.25, 0.3) is 0 Å². The molecular formula is C20H20ClN3O3S. The second-order valence-electron chi connectivity index (χ2n) is 5.97. The van der Waals surface area contributed by atoms with Gasteiger partial charge in [0.05, 0.1) is 31.4 Å². The second-order valence-corrected chi connectivity index (χ2v) is 7.35. The summed E-state index contributed by atoms with van der Waals surface area (Å²) >= 11 is 7.25. The summed E-state index contributed by atoms with van der Waals surface area (Å²) < 4.78 is 7.08. The third-order valence-electron chi connectivity index (χ3n) is 4.00. The largest absolute Gasteiger partial charge is 0.497 e. The number of thioether (sulfide) groups is 1. The highest BCUT2D eigenvalue weighted by molar-refractivity contribution is 7.99. The molecule has 0 spiro atoms. The van der Waals surface area contributed by atoms with Gasteiger partial charge in [-0.2, -0.15) is 0 Å². The van der Waals surface area contributed by atoms with Crippen molar-refractivity contribution in [3.05, 3.63) is 71.0 Å². The summed E-state index contributed by atoms with van der Waals surface area (Å²) in [5.41, 5.74) is 2.38. The fourth-order valence-corrected chi connectivity index (χ4v) is 3.60. The molecule has 1 heterocycles. The van der Waals surface area contributed by atoms with E-state index < -0.39 is 0 Å². The number of ether oxygens (including phenoxy) is 1. The molecule has 0 unspecified atom stereocenters. The van der Waals surface area contributed by atoms with Crippen molar-refractivity contribution < 1.29 is 14.6 Å². The first-order chi connectivity index (χ1) is 13.6. The number of aromatic nitrogens is 2. The van der Waals surface area contributed by atoms with E-state index >= 15 is 0 Å². The number of imidazole rings is 1. The van der Waals surface area contributed by atoms with E-state index in [1.807, 2.05) is 28.8 Å². The van der Waals surface area contributed by atoms with Gasteiger partial charge in [-0.05, 0) is 35.9 Å². The Morgan fingerprint density at radius 3 is 2.75 bits per heavy atom. The van der Waals surface area contributed by atoms with E-state index in [9.17, 15) is 9.90 Å². The summed E-state index contributed by atoms with van der Waals surface area (Å²) in [5.74, 6) is 0.817. The van der Waals surface area contributed by atoms with Crippen molar-refractivity contribution in [1.29, 1.82) is 0 Å². The topological polar surface area (TPSA) is 76.4 Å². The number of rotatable bonds is 8. The SMILES string of the molecule is COc1ccc(Cn2c(CO)cnc2SCC(=O)Nc2cccc(Cl)c2)cc1. The second kappa shape index (κ2) is 9.64. The summed E-state index contributed by atoms with van der Waals surface area (Å²) in [5, 5.41) is 13.7. The molecule has 0 saturated carbocycles. The van der Waals surface area contributed by atoms with Crippen LogP contribution in [0.2, 0.25) is 5.02 Å². The highest BCUT2D eigenvalue weighted by atomic mass is 35.5. The summed E-state index contributed by atoms with van der Waals surface area (Å²) in [6.45, 7) is 0.413. The van der Waals surface area contributed by atoms with Gasteiger partial charge in [-0.25, -0.2) is 4.98 Å². The predicted molar refractivity (Wildman–Crippen MR) is 111 cm³/mol. The lowest BCUT2D eigenvalue weighted by atomic mass is 10.2. The molecule has 8 heteroatoms. The van der Waals surface area contributed by atoms with Crippen LogP contribution in [-0.4, -0.2) is 33.4 Å². The number of aliphatic hydroxyl groups is 1. The number of nitrogens with zero attached hydrogens (tertiary/aromatic N) is 2. The Balaban J connectivity index is 1.66. The van der Waals surface area contributed by atoms with Gasteiger partial charge >= 0.3 is 0 Å². The van der Waals surface area contributed by atoms with Gasteiger partial charge < -0.3 is 19.7 Å². The number of hydrogen-bond acceptors (Lipinski definition) is 5. The van der Waals surface area contributed by atoms with Gasteiger partial charge in [0.25, 0.3) is 0 Å². The van der Waals surface area contributed by atoms with Crippen LogP contribution in [0.4, 0.5) is 5.69 Å². The van der Waals surface area contributed by atoms with Crippen molar-refractivity contribution in [1.82, 2.24) is 9.55 Å². The number of carbonyl (C=O) groups is 1. The smallest absolute Gasteiger partial charge is 0.234 e. The summed E-state index contributed by atoms with van der Waals surface area (Å²) in [4.78, 5) is 16.6. The van der Waals surface area contributed by atoms with Gasteiger partial charge in [-0.1, -0.05) is 41.6 Å². The van der Waals surface area contributed by atoms with Crippen molar-refractivity contribution in [2.24, 2.45) is 0 Å². The molecule has 1 aromatic heterocycles. The van der Waals surface area contributed by atoms with Gasteiger partial charge in [0.15, 0.2) is 5.16 Å². The molecule has 0 aliphatic carbocycles. The molecule has 0 radical (unpaired) electrons. The fraction of sp³-hybridized carbons (Fsp3) is 0.200. The molecule has 0 saturated heterocycles. The van der Waals surface area contributed by atoms with E-state index in [1.54, 1.807) is 37.6 Å². The number of methoxy groups -OCH3 is 1. The molecule has 0 aliphatic heterocycles. The van der Waals surface area contributed by atoms with Crippen LogP contribution in [0.15, 0.2) is 59.9 Å². The molecule has 6 nitrogen and oxygen atoms in total. The van der Waals surface area contributed by atoms with Crippen molar-refractivity contribution in [3.63, 3.8) is 0 Å². The van der Waals surface area contributed by atoms with Crippen LogP contribution < -0.4 is 10.1 Å². The van der Waals surface area contributed by atoms with Gasteiger partial charge in [-0.15, -0.1) is 0 Å². The lowest BCUT2D eigenvalue weighted by Gasteiger charge is -2.11. The molecule has 2 aromatic carbocycles. The first-order valence-corrected chi connectivity index (χ1v) is 9.92. The number of anilines is 1. The molecule has 0 bridgehead atoms. The number of halogens is 1. The Labute approximate surface area is 172 Å². The minimum atomic E-state index is -0.156. The average molecular weight is 418 g/mol. The summed E-state index contributed by atoms with van der Waals surface area (Å²) in [7, 11) is 1.62. The Hall–Kier alpha value is -2.48. The van der Waals surface area contributed by atoms with E-state index in [0.717, 1.165) is 11.3 Å². The molecule has 3 rings (SSSR count). The van der Waals surface area contributed by atoms with Crippen molar-refractivity contribution >= 4 is 35.0 Å². The Kier molecular flexibility index (Phi) is 6.97. The zero-order valence-corrected chi connectivity index (χ0v) is 16.8. The Morgan fingerprint density at radius 1 is 1.29 bits per heavy atom. The normalized spacial score (nSPS) is 10.7. The number of nitrogens with one attached hydrogen (secondary N) is 1. The van der Waals surface area contributed by atoms with Gasteiger partial charge in [0.1, 0.15) is 5.75 Å². The number of hydrogen-bond donors (Lipinski definition) is 2. The zero-order valence-electron chi connectivity index (χ0n) is 15.3. The first-order valence-electron chi connectivity index (χ1n) is 8.55. The Morgan fingerprint density at radius 2 is 2.07 bits per heavy atom. The van der Waals surface area contributed by atoms with Gasteiger partial charge in [0, 0.05) is 17.3 Å². The minimum absolute atomic E-state index is 0.127. The van der Waals surface area contributed by atoms with Crippen molar-refractivity contribution in [3.8, 4) is 5.75 Å². The Bertz CT molecular complexity index is 944. The van der Waals surface area contributed by atoms with Crippen molar-refractivity contribution in [2.75, 3.05) is 18.2 Å². The third-order valence-corrected chi connectivity index (χ3v) is 5.23. The van der Waals surface area contributed by atoms with E-state index in [-0.39, 0.29) is 18.3 Å². The molecule has 28 heavy (non-hydrogen) atoms. The fourth-order valence-electron chi connectivity index (χ4n) is 2.61. The lowest BCUT2D eigenvalue weighted by Crippen LogP contribution is -2.15. The van der Waals surface area contributed by atoms with Crippen molar-refractivity contribution in [2.45, 2.75) is 18.3 Å². The molecule has 0 fully saturated rings. The van der Waals surface area contributed by atoms with Gasteiger partial charge in [-0.3, -0.25) is 4.79 Å². The highest BCUT2D eigenvalue weighted by Gasteiger charge is 2.13. The maximum Gasteiger partial charge on any atom is 0.234 e. The van der Waals surface area contributed by atoms with E-state index in [2.05, 4.69) is 10.3 Å². The lowest BCUT2D eigenvalue weighted by molar-refractivity contribution is -0.113. The van der Waals surface area contributed by atoms with E-state index in [4.69, 9.17) is 16.3 Å². The number of aliphatic hydroxyl groups excluding tert-OH is 1. The molecule has 146 valence electrons. The van der Waals surface area contributed by atoms with Gasteiger partial charge in [0.2, 0.25) is 5.91 Å². The molecule has 3 aromatic rings. The standard InChI is InChI=1S/C20H20ClN3O3S/c1-27-18-7-5-14(6-8-18)11-24-17(12-25)10-22-20(24)28-13-19(26)23-16-4-2-3-15(21)9-16/h2-10,25H,11-13H2,1H3,(H,23,26). The molecule has 0 aliphatic rings. The van der Waals surface area contributed by atoms with Crippen LogP contribution in [0.3, 0.4) is 0 Å². The number of carbonyl (C=O) groups excluding carboxylic acids is 1. The van der Waals surface area contributed by atoms with E-state index in [1.165, 1.54) is 11.8 Å². The number of amides is 1. The first kappa shape index (κ1) is 20.3. The number of benzene rings is 2. The van der Waals surface area contributed by atoms with Crippen LogP contribution >= 0.6 is 23.4 Å². The van der Waals surface area contributed by atoms with Crippen LogP contribution in [-0.2, 0) is 17.9 Å². The molecule has 2 N–H and O–H groups in total. The molecule has 1 amide bonds. The third kappa shape index (κ3) is 5.28. The monoisotopic (exact) mass is 417 g/mol. The van der Waals surface area contributed by atoms with Crippen LogP contribution in [0.1, 0.15) is 11.3 Å². The maximum absolute atomic E-state index is 12.2. The molecule has 0 atom stereocenters. The highest BCUT2D eigenvalue weighted by Crippen LogP contribution is 2.22. The zero-order chi connectivity index (χ0) is 19.9. The van der Waals surface area contributed by atoms with Crippen LogP contribution in [0, 0.1) is 0 Å². The maximum atomic E-state index is 12.2. The minimum Gasteiger partial charge on any atom is -0.497 e. The predicted octanol–water partition coefficient (Wildman–Crippen LogP) is 3.82. The quantitative estimate of drug-likeness (QED) is 0.545. The summed E-state index contributed by atoms with van der Waals surface area (Å²) in [6, 6.07) is 14.7. The van der Waals surface area contributed by atoms with Crippen LogP contribution in [0.5, 0.6) is 5.75 Å². The summed E-state index contributed by atoms with van der Waals surface area (Å²) in [6.07, 6.45) is 1.63. The van der Waals surface area contributed by atoms with E-state index in [0.29, 0.717) is 28.1 Å². The molecular weight excluding hydrogens is 398 g/mol.